The molecule has 20 heavy (non-hydrogen) atoms. The largest absolute Gasteiger partial charge is 0.423 e. The lowest BCUT2D eigenvalue weighted by molar-refractivity contribution is 0.559. The van der Waals surface area contributed by atoms with E-state index < -0.39 is 0 Å². The number of hydrogen-bond donors (Lipinski definition) is 0. The summed E-state index contributed by atoms with van der Waals surface area (Å²) in [5, 5.41) is 1.06. The molecule has 2 aromatic rings. The summed E-state index contributed by atoms with van der Waals surface area (Å²) >= 11 is 3.50. The van der Waals surface area contributed by atoms with E-state index in [-0.39, 0.29) is 5.63 Å². The summed E-state index contributed by atoms with van der Waals surface area (Å²) in [4.78, 5) is 16.1. The average Bonchev–Trinajstić information content (AvgIpc) is 2.87. The standard InChI is InChI=1S/C15H15NO2S2/c1-9-5-10(2)14-11(7-13(17)18-12(14)6-9)8-20-15-16-3-4-19-15/h5-7H,3-4,8H2,1-2H3. The van der Waals surface area contributed by atoms with Crippen molar-refractivity contribution in [1.29, 1.82) is 0 Å². The van der Waals surface area contributed by atoms with Crippen molar-refractivity contribution in [2.75, 3.05) is 12.3 Å². The molecule has 0 amide bonds. The van der Waals surface area contributed by atoms with Gasteiger partial charge in [0.15, 0.2) is 0 Å². The fourth-order valence-corrected chi connectivity index (χ4v) is 4.42. The second kappa shape index (κ2) is 5.66. The van der Waals surface area contributed by atoms with Crippen molar-refractivity contribution in [3.63, 3.8) is 0 Å². The molecule has 0 unspecified atom stereocenters. The Hall–Kier alpha value is -1.20. The summed E-state index contributed by atoms with van der Waals surface area (Å²) in [6.07, 6.45) is 0. The molecule has 0 fully saturated rings. The molecule has 0 atom stereocenters. The van der Waals surface area contributed by atoms with Gasteiger partial charge in [-0.3, -0.25) is 4.99 Å². The monoisotopic (exact) mass is 305 g/mol. The van der Waals surface area contributed by atoms with Gasteiger partial charge in [-0.1, -0.05) is 29.6 Å². The maximum Gasteiger partial charge on any atom is 0.336 e. The lowest BCUT2D eigenvalue weighted by Gasteiger charge is -2.08. The highest BCUT2D eigenvalue weighted by atomic mass is 32.2. The summed E-state index contributed by atoms with van der Waals surface area (Å²) in [6.45, 7) is 4.98. The topological polar surface area (TPSA) is 42.6 Å². The zero-order valence-electron chi connectivity index (χ0n) is 11.4. The zero-order valence-corrected chi connectivity index (χ0v) is 13.1. The van der Waals surface area contributed by atoms with Gasteiger partial charge in [-0.15, -0.1) is 0 Å². The van der Waals surface area contributed by atoms with Gasteiger partial charge in [0, 0.05) is 23.0 Å². The van der Waals surface area contributed by atoms with Crippen LogP contribution >= 0.6 is 23.5 Å². The van der Waals surface area contributed by atoms with E-state index in [1.165, 1.54) is 0 Å². The summed E-state index contributed by atoms with van der Waals surface area (Å²) in [5.41, 5.74) is 3.71. The summed E-state index contributed by atoms with van der Waals surface area (Å²) < 4.78 is 6.46. The van der Waals surface area contributed by atoms with Gasteiger partial charge in [0.25, 0.3) is 0 Å². The Balaban J connectivity index is 2.02. The first kappa shape index (κ1) is 13.8. The lowest BCUT2D eigenvalue weighted by atomic mass is 10.0. The van der Waals surface area contributed by atoms with E-state index in [9.17, 15) is 4.79 Å². The lowest BCUT2D eigenvalue weighted by Crippen LogP contribution is -2.01. The van der Waals surface area contributed by atoms with Crippen molar-refractivity contribution >= 4 is 38.9 Å². The quantitative estimate of drug-likeness (QED) is 0.793. The van der Waals surface area contributed by atoms with Crippen molar-refractivity contribution in [3.05, 3.63) is 45.3 Å². The molecule has 1 aromatic carbocycles. The van der Waals surface area contributed by atoms with Crippen molar-refractivity contribution in [2.45, 2.75) is 19.6 Å². The van der Waals surface area contributed by atoms with Gasteiger partial charge in [-0.25, -0.2) is 4.79 Å². The molecule has 1 aliphatic rings. The van der Waals surface area contributed by atoms with Crippen molar-refractivity contribution < 1.29 is 4.42 Å². The molecule has 0 radical (unpaired) electrons. The Morgan fingerprint density at radius 1 is 1.35 bits per heavy atom. The molecule has 5 heteroatoms. The van der Waals surface area contributed by atoms with Crippen LogP contribution in [0.15, 0.2) is 32.4 Å². The summed E-state index contributed by atoms with van der Waals surface area (Å²) in [7, 11) is 0. The Bertz CT molecular complexity index is 749. The Kier molecular flexibility index (Phi) is 3.89. The van der Waals surface area contributed by atoms with Crippen LogP contribution in [0.5, 0.6) is 0 Å². The van der Waals surface area contributed by atoms with Crippen LogP contribution in [0, 0.1) is 13.8 Å². The first-order chi connectivity index (χ1) is 9.63. The molecule has 1 aliphatic heterocycles. The van der Waals surface area contributed by atoms with Crippen molar-refractivity contribution in [1.82, 2.24) is 0 Å². The molecular formula is C15H15NO2S2. The first-order valence-corrected chi connectivity index (χ1v) is 8.44. The first-order valence-electron chi connectivity index (χ1n) is 6.47. The van der Waals surface area contributed by atoms with Gasteiger partial charge in [-0.05, 0) is 36.6 Å². The van der Waals surface area contributed by atoms with Crippen LogP contribution < -0.4 is 5.63 Å². The van der Waals surface area contributed by atoms with Crippen LogP contribution in [-0.4, -0.2) is 16.7 Å². The molecule has 0 bridgehead atoms. The van der Waals surface area contributed by atoms with Gasteiger partial charge in [0.2, 0.25) is 0 Å². The Morgan fingerprint density at radius 3 is 2.95 bits per heavy atom. The Morgan fingerprint density at radius 2 is 2.20 bits per heavy atom. The second-order valence-corrected chi connectivity index (χ2v) is 7.14. The minimum atomic E-state index is -0.279. The van der Waals surface area contributed by atoms with E-state index in [1.54, 1.807) is 29.6 Å². The highest BCUT2D eigenvalue weighted by Crippen LogP contribution is 2.29. The fourth-order valence-electron chi connectivity index (χ4n) is 2.43. The minimum Gasteiger partial charge on any atom is -0.423 e. The van der Waals surface area contributed by atoms with Gasteiger partial charge in [0.1, 0.15) is 9.96 Å². The molecule has 3 nitrogen and oxygen atoms in total. The number of benzene rings is 1. The second-order valence-electron chi connectivity index (χ2n) is 4.83. The van der Waals surface area contributed by atoms with Gasteiger partial charge in [-0.2, -0.15) is 0 Å². The molecule has 0 N–H and O–H groups in total. The van der Waals surface area contributed by atoms with Crippen LogP contribution in [-0.2, 0) is 5.75 Å². The highest BCUT2D eigenvalue weighted by Gasteiger charge is 2.12. The molecule has 0 saturated heterocycles. The number of aryl methyl sites for hydroxylation is 2. The van der Waals surface area contributed by atoms with Crippen LogP contribution in [0.2, 0.25) is 0 Å². The van der Waals surface area contributed by atoms with E-state index in [0.717, 1.165) is 44.5 Å². The SMILES string of the molecule is Cc1cc(C)c2c(CSC3=NCCS3)cc(=O)oc2c1. The molecule has 0 spiro atoms. The number of nitrogens with zero attached hydrogens (tertiary/aromatic N) is 1. The van der Waals surface area contributed by atoms with Gasteiger partial charge < -0.3 is 4.42 Å². The van der Waals surface area contributed by atoms with Crippen molar-refractivity contribution in [2.24, 2.45) is 4.99 Å². The third kappa shape index (κ3) is 2.79. The maximum absolute atomic E-state index is 11.7. The van der Waals surface area contributed by atoms with Crippen LogP contribution in [0.3, 0.4) is 0 Å². The molecule has 2 heterocycles. The smallest absolute Gasteiger partial charge is 0.336 e. The fraction of sp³-hybridized carbons (Fsp3) is 0.333. The van der Waals surface area contributed by atoms with E-state index in [2.05, 4.69) is 18.0 Å². The molecule has 104 valence electrons. The number of hydrogen-bond acceptors (Lipinski definition) is 5. The van der Waals surface area contributed by atoms with Crippen LogP contribution in [0.4, 0.5) is 0 Å². The predicted molar refractivity (Wildman–Crippen MR) is 88.0 cm³/mol. The van der Waals surface area contributed by atoms with Gasteiger partial charge in [0.05, 0.1) is 6.54 Å². The van der Waals surface area contributed by atoms with Crippen LogP contribution in [0.1, 0.15) is 16.7 Å². The summed E-state index contributed by atoms with van der Waals surface area (Å²) in [5.74, 6) is 1.83. The zero-order chi connectivity index (χ0) is 14.1. The molecule has 3 rings (SSSR count). The average molecular weight is 305 g/mol. The van der Waals surface area contributed by atoms with Gasteiger partial charge >= 0.3 is 5.63 Å². The van der Waals surface area contributed by atoms with Crippen LogP contribution in [0.25, 0.3) is 11.0 Å². The third-order valence-electron chi connectivity index (χ3n) is 3.18. The highest BCUT2D eigenvalue weighted by molar-refractivity contribution is 8.38. The third-order valence-corrected chi connectivity index (χ3v) is 5.48. The minimum absolute atomic E-state index is 0.279. The molecular weight excluding hydrogens is 290 g/mol. The number of rotatable bonds is 2. The van der Waals surface area contributed by atoms with E-state index in [0.29, 0.717) is 5.58 Å². The Labute approximate surface area is 125 Å². The van der Waals surface area contributed by atoms with E-state index in [1.807, 2.05) is 13.0 Å². The molecule has 0 aliphatic carbocycles. The van der Waals surface area contributed by atoms with Crippen molar-refractivity contribution in [3.8, 4) is 0 Å². The summed E-state index contributed by atoms with van der Waals surface area (Å²) in [6, 6.07) is 5.66. The number of aliphatic imine (C=N–C) groups is 1. The van der Waals surface area contributed by atoms with E-state index >= 15 is 0 Å². The molecule has 0 saturated carbocycles. The number of thioether (sulfide) groups is 2. The number of fused-ring (bicyclic) bond motifs is 1. The normalized spacial score (nSPS) is 14.8. The van der Waals surface area contributed by atoms with E-state index in [4.69, 9.17) is 4.42 Å². The molecule has 1 aromatic heterocycles. The predicted octanol–water partition coefficient (Wildman–Crippen LogP) is 3.75. The maximum atomic E-state index is 11.7.